The molecular weight excluding hydrogens is 170 g/mol. The quantitative estimate of drug-likeness (QED) is 0.616. The zero-order chi connectivity index (χ0) is 9.40. The highest BCUT2D eigenvalue weighted by molar-refractivity contribution is 7.80. The van der Waals surface area contributed by atoms with Crippen LogP contribution in [0.15, 0.2) is 0 Å². The number of rotatable bonds is 5. The van der Waals surface area contributed by atoms with Gasteiger partial charge >= 0.3 is 0 Å². The van der Waals surface area contributed by atoms with Crippen molar-refractivity contribution in [3.8, 4) is 0 Å². The van der Waals surface area contributed by atoms with Crippen molar-refractivity contribution in [1.82, 2.24) is 4.90 Å². The van der Waals surface area contributed by atoms with Crippen molar-refractivity contribution in [2.75, 3.05) is 19.7 Å². The molecule has 0 atom stereocenters. The van der Waals surface area contributed by atoms with Gasteiger partial charge in [0.25, 0.3) is 5.17 Å². The van der Waals surface area contributed by atoms with Gasteiger partial charge in [-0.25, -0.2) is 0 Å². The molecule has 0 rings (SSSR count). The summed E-state index contributed by atoms with van der Waals surface area (Å²) in [7, 11) is 0. The van der Waals surface area contributed by atoms with Crippen LogP contribution in [0.4, 0.5) is 0 Å². The van der Waals surface area contributed by atoms with E-state index in [1.807, 2.05) is 0 Å². The summed E-state index contributed by atoms with van der Waals surface area (Å²) in [5.74, 6) is 0. The second kappa shape index (κ2) is 7.35. The lowest BCUT2D eigenvalue weighted by atomic mass is 10.4. The average molecular weight is 189 g/mol. The van der Waals surface area contributed by atoms with Gasteiger partial charge < -0.3 is 9.64 Å². The van der Waals surface area contributed by atoms with Crippen molar-refractivity contribution in [3.05, 3.63) is 0 Å². The van der Waals surface area contributed by atoms with E-state index in [2.05, 4.69) is 25.7 Å². The molecule has 3 heteroatoms. The molecule has 0 N–H and O–H groups in total. The van der Waals surface area contributed by atoms with Crippen LogP contribution in [0.3, 0.4) is 0 Å². The molecule has 0 fully saturated rings. The van der Waals surface area contributed by atoms with E-state index in [1.165, 1.54) is 0 Å². The molecule has 0 unspecified atom stereocenters. The summed E-state index contributed by atoms with van der Waals surface area (Å²) in [6.07, 6.45) is 2.13. The Labute approximate surface area is 80.9 Å². The third kappa shape index (κ3) is 4.54. The zero-order valence-corrected chi connectivity index (χ0v) is 9.12. The van der Waals surface area contributed by atoms with Crippen molar-refractivity contribution >= 4 is 17.4 Å². The van der Waals surface area contributed by atoms with Gasteiger partial charge in [0.05, 0.1) is 6.61 Å². The third-order valence-corrected chi connectivity index (χ3v) is 1.94. The Morgan fingerprint density at radius 2 is 1.92 bits per heavy atom. The van der Waals surface area contributed by atoms with E-state index >= 15 is 0 Å². The molecule has 0 amide bonds. The SMILES string of the molecule is CCCOC(=S)N(CC)CCC. The minimum atomic E-state index is 0.654. The Balaban J connectivity index is 3.69. The Kier molecular flexibility index (Phi) is 7.16. The smallest absolute Gasteiger partial charge is 0.259 e. The first-order valence-corrected chi connectivity index (χ1v) is 5.08. The number of hydrogen-bond acceptors (Lipinski definition) is 2. The number of hydrogen-bond donors (Lipinski definition) is 0. The maximum absolute atomic E-state index is 5.35. The van der Waals surface area contributed by atoms with Gasteiger partial charge in [-0.3, -0.25) is 0 Å². The fourth-order valence-electron chi connectivity index (χ4n) is 0.929. The average Bonchev–Trinajstić information content (AvgIpc) is 2.10. The fraction of sp³-hybridized carbons (Fsp3) is 0.889. The Hall–Kier alpha value is -0.310. The lowest BCUT2D eigenvalue weighted by Gasteiger charge is -2.22. The molecule has 12 heavy (non-hydrogen) atoms. The maximum Gasteiger partial charge on any atom is 0.259 e. The van der Waals surface area contributed by atoms with E-state index < -0.39 is 0 Å². The molecule has 0 aromatic rings. The minimum absolute atomic E-state index is 0.654. The predicted octanol–water partition coefficient (Wildman–Crippen LogP) is 2.43. The summed E-state index contributed by atoms with van der Waals surface area (Å²) < 4.78 is 5.35. The van der Waals surface area contributed by atoms with Crippen LogP contribution >= 0.6 is 12.2 Å². The van der Waals surface area contributed by atoms with Gasteiger partial charge in [-0.1, -0.05) is 13.8 Å². The van der Waals surface area contributed by atoms with Crippen LogP contribution in [0.1, 0.15) is 33.6 Å². The van der Waals surface area contributed by atoms with Gasteiger partial charge in [0, 0.05) is 13.1 Å². The fourth-order valence-corrected chi connectivity index (χ4v) is 1.23. The van der Waals surface area contributed by atoms with E-state index in [0.29, 0.717) is 5.17 Å². The highest BCUT2D eigenvalue weighted by Crippen LogP contribution is 1.96. The summed E-state index contributed by atoms with van der Waals surface area (Å²) in [5, 5.41) is 0.654. The van der Waals surface area contributed by atoms with Crippen molar-refractivity contribution in [2.24, 2.45) is 0 Å². The molecule has 0 spiro atoms. The molecule has 0 bridgehead atoms. The van der Waals surface area contributed by atoms with Crippen molar-refractivity contribution in [1.29, 1.82) is 0 Å². The highest BCUT2D eigenvalue weighted by Gasteiger charge is 2.05. The molecule has 0 aromatic heterocycles. The van der Waals surface area contributed by atoms with E-state index in [4.69, 9.17) is 17.0 Å². The summed E-state index contributed by atoms with van der Waals surface area (Å²) in [6.45, 7) is 9.00. The third-order valence-electron chi connectivity index (χ3n) is 1.56. The molecule has 0 aliphatic rings. The second-order valence-corrected chi connectivity index (χ2v) is 3.04. The normalized spacial score (nSPS) is 9.58. The van der Waals surface area contributed by atoms with Gasteiger partial charge in [-0.15, -0.1) is 0 Å². The standard InChI is InChI=1S/C9H19NOS/c1-4-7-10(6-3)9(12)11-8-5-2/h4-8H2,1-3H3. The predicted molar refractivity (Wildman–Crippen MR) is 56.4 cm³/mol. The summed E-state index contributed by atoms with van der Waals surface area (Å²) in [5.41, 5.74) is 0. The molecule has 72 valence electrons. The van der Waals surface area contributed by atoms with E-state index in [-0.39, 0.29) is 0 Å². The van der Waals surface area contributed by atoms with Crippen LogP contribution in [-0.2, 0) is 4.74 Å². The van der Waals surface area contributed by atoms with Crippen LogP contribution < -0.4 is 0 Å². The summed E-state index contributed by atoms with van der Waals surface area (Å²) in [4.78, 5) is 2.09. The van der Waals surface area contributed by atoms with Crippen LogP contribution in [0.25, 0.3) is 0 Å². The molecule has 0 saturated heterocycles. The molecule has 0 aliphatic heterocycles. The molecule has 0 aliphatic carbocycles. The van der Waals surface area contributed by atoms with Crippen LogP contribution in [-0.4, -0.2) is 29.8 Å². The second-order valence-electron chi connectivity index (χ2n) is 2.69. The first-order valence-electron chi connectivity index (χ1n) is 4.67. The van der Waals surface area contributed by atoms with Gasteiger partial charge in [0.1, 0.15) is 0 Å². The van der Waals surface area contributed by atoms with Gasteiger partial charge in [-0.05, 0) is 32.0 Å². The number of nitrogens with zero attached hydrogens (tertiary/aromatic N) is 1. The molecular formula is C9H19NOS. The lowest BCUT2D eigenvalue weighted by molar-refractivity contribution is 0.245. The Morgan fingerprint density at radius 3 is 2.33 bits per heavy atom. The molecule has 0 aromatic carbocycles. The number of thiocarbonyl (C=S) groups is 1. The largest absolute Gasteiger partial charge is 0.471 e. The van der Waals surface area contributed by atoms with Crippen LogP contribution in [0.5, 0.6) is 0 Å². The first kappa shape index (κ1) is 11.7. The molecule has 2 nitrogen and oxygen atoms in total. The summed E-state index contributed by atoms with van der Waals surface area (Å²) >= 11 is 5.11. The van der Waals surface area contributed by atoms with Gasteiger partial charge in [0.15, 0.2) is 0 Å². The zero-order valence-electron chi connectivity index (χ0n) is 8.30. The van der Waals surface area contributed by atoms with Crippen LogP contribution in [0, 0.1) is 0 Å². The van der Waals surface area contributed by atoms with Crippen LogP contribution in [0.2, 0.25) is 0 Å². The molecule has 0 heterocycles. The van der Waals surface area contributed by atoms with E-state index in [1.54, 1.807) is 0 Å². The van der Waals surface area contributed by atoms with Crippen molar-refractivity contribution < 1.29 is 4.74 Å². The first-order chi connectivity index (χ1) is 5.76. The van der Waals surface area contributed by atoms with E-state index in [0.717, 1.165) is 32.5 Å². The van der Waals surface area contributed by atoms with Crippen molar-refractivity contribution in [2.45, 2.75) is 33.6 Å². The Morgan fingerprint density at radius 1 is 1.25 bits per heavy atom. The number of ether oxygens (including phenoxy) is 1. The summed E-state index contributed by atoms with van der Waals surface area (Å²) in [6, 6.07) is 0. The minimum Gasteiger partial charge on any atom is -0.471 e. The van der Waals surface area contributed by atoms with E-state index in [9.17, 15) is 0 Å². The Bertz CT molecular complexity index is 128. The topological polar surface area (TPSA) is 12.5 Å². The maximum atomic E-state index is 5.35. The van der Waals surface area contributed by atoms with Gasteiger partial charge in [0.2, 0.25) is 0 Å². The monoisotopic (exact) mass is 189 g/mol. The van der Waals surface area contributed by atoms with Gasteiger partial charge in [-0.2, -0.15) is 0 Å². The molecule has 0 radical (unpaired) electrons. The van der Waals surface area contributed by atoms with Crippen molar-refractivity contribution in [3.63, 3.8) is 0 Å². The molecule has 0 saturated carbocycles. The highest BCUT2D eigenvalue weighted by atomic mass is 32.1. The lowest BCUT2D eigenvalue weighted by Crippen LogP contribution is -2.31.